The van der Waals surface area contributed by atoms with Crippen LogP contribution in [0.3, 0.4) is 0 Å². The number of hydrogen-bond acceptors (Lipinski definition) is 6. The van der Waals surface area contributed by atoms with Crippen molar-refractivity contribution in [2.45, 2.75) is 123 Å². The topological polar surface area (TPSA) is 78.3 Å². The van der Waals surface area contributed by atoms with Gasteiger partial charge in [0.1, 0.15) is 19.5 Å². The van der Waals surface area contributed by atoms with Gasteiger partial charge in [0.05, 0.1) is 12.0 Å². The lowest BCUT2D eigenvalue weighted by Gasteiger charge is -2.43. The largest absolute Gasteiger partial charge is 0.534 e. The number of benzene rings is 5. The predicted octanol–water partition coefficient (Wildman–Crippen LogP) is 12.5. The van der Waals surface area contributed by atoms with E-state index in [0.29, 0.717) is 46.0 Å². The first-order chi connectivity index (χ1) is 33.8. The zero-order chi connectivity index (χ0) is 51.2. The molecule has 0 saturated heterocycles. The minimum Gasteiger partial charge on any atom is -0.534 e. The van der Waals surface area contributed by atoms with Crippen molar-refractivity contribution in [2.75, 3.05) is 11.9 Å². The van der Waals surface area contributed by atoms with Crippen molar-refractivity contribution >= 4 is 68.1 Å². The maximum atomic E-state index is 14.8. The standard InChI is InChI=1S/C61H74N4O3Si3/c1-45(2)69(46(3)4,47(5)6)42-39-55-48(7)58(66)65(40-26-27-41-67-70(60(8,9)10,51-31-18-14-19-32-51)52-33-20-15-21-34-52)57-56(55)44-62-59(64-57)63-49-29-28-30-50(43-49)68-71(61(11,12)13,53-35-22-16-23-36-53)54-37-24-17-25-38-54/h14-38,43-47H,40-41H2,1-13H3,(H,62,63,64)/b27-26-. The summed E-state index contributed by atoms with van der Waals surface area (Å²) in [6.45, 7) is 30.1. The molecule has 0 amide bonds. The van der Waals surface area contributed by atoms with Gasteiger partial charge in [-0.1, -0.05) is 229 Å². The van der Waals surface area contributed by atoms with E-state index in [1.807, 2.05) is 49.5 Å². The molecule has 71 heavy (non-hydrogen) atoms. The van der Waals surface area contributed by atoms with E-state index in [2.05, 4.69) is 221 Å². The van der Waals surface area contributed by atoms with Crippen LogP contribution in [0, 0.1) is 18.4 Å². The Bertz CT molecular complexity index is 2960. The van der Waals surface area contributed by atoms with Crippen molar-refractivity contribution in [3.8, 4) is 17.2 Å². The van der Waals surface area contributed by atoms with E-state index in [1.165, 1.54) is 20.7 Å². The highest BCUT2D eigenvalue weighted by Crippen LogP contribution is 2.42. The Morgan fingerprint density at radius 1 is 0.648 bits per heavy atom. The number of allylic oxidation sites excluding steroid dienone is 1. The Morgan fingerprint density at radius 2 is 1.13 bits per heavy atom. The molecule has 5 aromatic carbocycles. The third-order valence-corrected chi connectivity index (χ3v) is 30.8. The second-order valence-corrected chi connectivity index (χ2v) is 36.0. The Labute approximate surface area is 427 Å². The summed E-state index contributed by atoms with van der Waals surface area (Å²) in [4.78, 5) is 24.9. The van der Waals surface area contributed by atoms with Crippen LogP contribution in [0.25, 0.3) is 11.0 Å². The average Bonchev–Trinajstić information content (AvgIpc) is 3.34. The summed E-state index contributed by atoms with van der Waals surface area (Å²) < 4.78 is 16.3. The first-order valence-electron chi connectivity index (χ1n) is 25.3. The van der Waals surface area contributed by atoms with Gasteiger partial charge in [0.2, 0.25) is 5.95 Å². The molecule has 0 saturated carbocycles. The molecule has 0 bridgehead atoms. The van der Waals surface area contributed by atoms with Gasteiger partial charge in [0.15, 0.2) is 0 Å². The molecule has 1 N–H and O–H groups in total. The van der Waals surface area contributed by atoms with Crippen LogP contribution in [0.2, 0.25) is 26.7 Å². The highest BCUT2D eigenvalue weighted by molar-refractivity contribution is 7.00. The Morgan fingerprint density at radius 3 is 1.59 bits per heavy atom. The molecule has 0 unspecified atom stereocenters. The fourth-order valence-electron chi connectivity index (χ4n) is 11.1. The maximum Gasteiger partial charge on any atom is 0.319 e. The van der Waals surface area contributed by atoms with Crippen molar-refractivity contribution in [1.29, 1.82) is 0 Å². The molecule has 368 valence electrons. The zero-order valence-corrected chi connectivity index (χ0v) is 47.3. The number of fused-ring (bicyclic) bond motifs is 1. The third-order valence-electron chi connectivity index (χ3n) is 14.6. The molecule has 0 aliphatic carbocycles. The van der Waals surface area contributed by atoms with E-state index in [1.54, 1.807) is 4.57 Å². The van der Waals surface area contributed by atoms with Crippen LogP contribution >= 0.6 is 0 Å². The fourth-order valence-corrected chi connectivity index (χ4v) is 25.3. The van der Waals surface area contributed by atoms with Gasteiger partial charge >= 0.3 is 8.32 Å². The van der Waals surface area contributed by atoms with Gasteiger partial charge in [-0.3, -0.25) is 9.36 Å². The molecule has 2 aromatic heterocycles. The lowest BCUT2D eigenvalue weighted by molar-refractivity contribution is 0.339. The van der Waals surface area contributed by atoms with Crippen LogP contribution in [0.15, 0.2) is 169 Å². The molecule has 0 aliphatic heterocycles. The average molecular weight is 996 g/mol. The van der Waals surface area contributed by atoms with Crippen molar-refractivity contribution < 1.29 is 8.85 Å². The van der Waals surface area contributed by atoms with Crippen molar-refractivity contribution in [2.24, 2.45) is 0 Å². The highest BCUT2D eigenvalue weighted by atomic mass is 28.4. The molecule has 7 rings (SSSR count). The number of nitrogens with one attached hydrogen (secondary N) is 1. The molecule has 2 heterocycles. The molecule has 0 atom stereocenters. The van der Waals surface area contributed by atoms with Gasteiger partial charge in [-0.25, -0.2) is 4.98 Å². The fraction of sp³-hybridized carbons (Fsp3) is 0.328. The predicted molar refractivity (Wildman–Crippen MR) is 307 cm³/mol. The summed E-state index contributed by atoms with van der Waals surface area (Å²) in [6.07, 6.45) is 5.91. The van der Waals surface area contributed by atoms with Gasteiger partial charge in [-0.05, 0) is 66.5 Å². The first kappa shape index (κ1) is 52.7. The second-order valence-electron chi connectivity index (χ2n) is 21.9. The quantitative estimate of drug-likeness (QED) is 0.0590. The van der Waals surface area contributed by atoms with Gasteiger partial charge in [0, 0.05) is 35.6 Å². The number of nitrogens with zero attached hydrogens (tertiary/aromatic N) is 3. The Balaban J connectivity index is 1.29. The van der Waals surface area contributed by atoms with Crippen LogP contribution in [0.5, 0.6) is 5.75 Å². The van der Waals surface area contributed by atoms with Crippen LogP contribution in [0.1, 0.15) is 94.2 Å². The van der Waals surface area contributed by atoms with Crippen molar-refractivity contribution in [1.82, 2.24) is 14.5 Å². The molecule has 10 heteroatoms. The lowest BCUT2D eigenvalue weighted by Crippen LogP contribution is -2.68. The Hall–Kier alpha value is -6.10. The zero-order valence-electron chi connectivity index (χ0n) is 44.3. The minimum atomic E-state index is -2.90. The summed E-state index contributed by atoms with van der Waals surface area (Å²) >= 11 is 0. The first-order valence-corrected chi connectivity index (χ1v) is 31.3. The van der Waals surface area contributed by atoms with E-state index in [9.17, 15) is 4.79 Å². The number of hydrogen-bond donors (Lipinski definition) is 1. The molecule has 7 nitrogen and oxygen atoms in total. The van der Waals surface area contributed by atoms with Crippen LogP contribution < -0.4 is 36.0 Å². The molecule has 7 aromatic rings. The van der Waals surface area contributed by atoms with Gasteiger partial charge in [0.25, 0.3) is 13.9 Å². The molecule has 0 aliphatic rings. The number of rotatable bonds is 16. The van der Waals surface area contributed by atoms with Crippen LogP contribution in [-0.4, -0.2) is 45.9 Å². The summed E-state index contributed by atoms with van der Waals surface area (Å²) in [5.41, 5.74) is 7.63. The van der Waals surface area contributed by atoms with Gasteiger partial charge < -0.3 is 14.2 Å². The molecule has 0 radical (unpaired) electrons. The number of aromatic nitrogens is 3. The van der Waals surface area contributed by atoms with E-state index in [4.69, 9.17) is 18.8 Å². The smallest absolute Gasteiger partial charge is 0.319 e. The van der Waals surface area contributed by atoms with Gasteiger partial charge in [-0.2, -0.15) is 4.98 Å². The molecule has 0 fully saturated rings. The van der Waals surface area contributed by atoms with E-state index in [-0.39, 0.29) is 22.2 Å². The molecular weight excluding hydrogens is 921 g/mol. The summed E-state index contributed by atoms with van der Waals surface area (Å²) in [6, 6.07) is 50.7. The normalized spacial score (nSPS) is 12.7. The van der Waals surface area contributed by atoms with Crippen LogP contribution in [-0.2, 0) is 11.0 Å². The van der Waals surface area contributed by atoms with E-state index in [0.717, 1.165) is 16.8 Å². The monoisotopic (exact) mass is 995 g/mol. The Kier molecular flexibility index (Phi) is 16.1. The SMILES string of the molecule is Cc1c(C#C[Si](C(C)C)(C(C)C)C(C)C)c2cnc(Nc3cccc(O[Si](c4ccccc4)(c4ccccc4)C(C)(C)C)c3)nc2n(C/C=C\CO[Si](c2ccccc2)(c2ccccc2)C(C)(C)C)c1=O. The van der Waals surface area contributed by atoms with E-state index < -0.39 is 24.7 Å². The van der Waals surface area contributed by atoms with E-state index >= 15 is 0 Å². The maximum absolute atomic E-state index is 14.8. The second kappa shape index (κ2) is 21.7. The molecular formula is C61H74N4O3Si3. The number of anilines is 2. The van der Waals surface area contributed by atoms with Crippen molar-refractivity contribution in [3.63, 3.8) is 0 Å². The van der Waals surface area contributed by atoms with Crippen molar-refractivity contribution in [3.05, 3.63) is 185 Å². The third kappa shape index (κ3) is 10.5. The lowest BCUT2D eigenvalue weighted by atomic mass is 10.1. The minimum absolute atomic E-state index is 0.129. The summed E-state index contributed by atoms with van der Waals surface area (Å²) in [5.74, 6) is 4.75. The summed E-state index contributed by atoms with van der Waals surface area (Å²) in [5, 5.41) is 8.69. The number of pyridine rings is 1. The highest BCUT2D eigenvalue weighted by Gasteiger charge is 2.52. The van der Waals surface area contributed by atoms with Gasteiger partial charge in [-0.15, -0.1) is 5.54 Å². The summed E-state index contributed by atoms with van der Waals surface area (Å²) in [7, 11) is -7.83. The molecule has 0 spiro atoms. The van der Waals surface area contributed by atoms with Crippen LogP contribution in [0.4, 0.5) is 11.6 Å².